The van der Waals surface area contributed by atoms with Gasteiger partial charge in [-0.25, -0.2) is 0 Å². The fourth-order valence-electron chi connectivity index (χ4n) is 5.61. The maximum Gasteiger partial charge on any atom is 0.263 e. The monoisotopic (exact) mass is 451 g/mol. The molecule has 0 aliphatic carbocycles. The van der Waals surface area contributed by atoms with Crippen molar-refractivity contribution >= 4 is 69.5 Å². The van der Waals surface area contributed by atoms with Crippen molar-refractivity contribution in [3.05, 3.63) is 113 Å². The van der Waals surface area contributed by atoms with Crippen LogP contribution in [0.5, 0.6) is 0 Å². The lowest BCUT2D eigenvalue weighted by molar-refractivity contribution is 1.21. The Labute approximate surface area is 198 Å². The predicted molar refractivity (Wildman–Crippen MR) is 146 cm³/mol. The zero-order chi connectivity index (χ0) is 22.4. The molecule has 3 heteroatoms. The number of fused-ring (bicyclic) bond motifs is 8. The largest absolute Gasteiger partial charge is 0.275 e. The van der Waals surface area contributed by atoms with Gasteiger partial charge < -0.3 is 0 Å². The summed E-state index contributed by atoms with van der Waals surface area (Å²) in [4.78, 5) is 13.5. The van der Waals surface area contributed by atoms with Crippen LogP contribution in [0.4, 0.5) is 0 Å². The first kappa shape index (κ1) is 18.2. The minimum absolute atomic E-state index is 0.0493. The second-order valence-electron chi connectivity index (χ2n) is 8.93. The van der Waals surface area contributed by atoms with Crippen LogP contribution in [0.1, 0.15) is 0 Å². The summed E-state index contributed by atoms with van der Waals surface area (Å²) in [6.45, 7) is 0. The number of hydrogen-bond acceptors (Lipinski definition) is 2. The van der Waals surface area contributed by atoms with E-state index in [9.17, 15) is 4.79 Å². The van der Waals surface area contributed by atoms with E-state index in [0.29, 0.717) is 0 Å². The highest BCUT2D eigenvalue weighted by atomic mass is 32.1. The van der Waals surface area contributed by atoms with Crippen molar-refractivity contribution in [3.8, 4) is 11.1 Å². The molecule has 3 aromatic heterocycles. The molecule has 2 nitrogen and oxygen atoms in total. The van der Waals surface area contributed by atoms with E-state index in [1.165, 1.54) is 31.3 Å². The molecule has 0 atom stereocenters. The van der Waals surface area contributed by atoms with Gasteiger partial charge >= 0.3 is 0 Å². The van der Waals surface area contributed by atoms with Crippen molar-refractivity contribution in [2.75, 3.05) is 0 Å². The fourth-order valence-corrected chi connectivity index (χ4v) is 6.70. The van der Waals surface area contributed by atoms with Gasteiger partial charge in [-0.05, 0) is 59.0 Å². The smallest absolute Gasteiger partial charge is 0.263 e. The molecular weight excluding hydrogens is 434 g/mol. The van der Waals surface area contributed by atoms with E-state index >= 15 is 0 Å². The Morgan fingerprint density at radius 2 is 1.12 bits per heavy atom. The minimum atomic E-state index is 0.0493. The van der Waals surface area contributed by atoms with Crippen LogP contribution in [0.3, 0.4) is 0 Å². The Morgan fingerprint density at radius 1 is 0.500 bits per heavy atom. The molecular formula is C31H17NOS. The molecule has 5 aromatic carbocycles. The molecule has 0 unspecified atom stereocenters. The molecule has 8 aromatic rings. The number of benzene rings is 5. The molecule has 3 heterocycles. The summed E-state index contributed by atoms with van der Waals surface area (Å²) in [6, 6.07) is 36.1. The van der Waals surface area contributed by atoms with Gasteiger partial charge in [-0.3, -0.25) is 9.20 Å². The summed E-state index contributed by atoms with van der Waals surface area (Å²) >= 11 is 1.84. The first-order chi connectivity index (χ1) is 16.8. The number of nitrogens with zero attached hydrogens (tertiary/aromatic N) is 1. The molecule has 0 radical (unpaired) electrons. The van der Waals surface area contributed by atoms with E-state index in [4.69, 9.17) is 0 Å². The average Bonchev–Trinajstić information content (AvgIpc) is 3.43. The lowest BCUT2D eigenvalue weighted by atomic mass is 9.96. The molecule has 0 spiro atoms. The maximum atomic E-state index is 13.5. The van der Waals surface area contributed by atoms with E-state index in [0.717, 1.165) is 38.0 Å². The molecule has 0 aliphatic heterocycles. The third-order valence-electron chi connectivity index (χ3n) is 7.13. The fraction of sp³-hybridized carbons (Fsp3) is 0. The molecule has 0 aliphatic rings. The van der Waals surface area contributed by atoms with Crippen LogP contribution in [-0.2, 0) is 0 Å². The van der Waals surface area contributed by atoms with Crippen LogP contribution >= 0.6 is 11.3 Å². The number of aromatic nitrogens is 1. The molecule has 0 bridgehead atoms. The number of para-hydroxylation sites is 1. The topological polar surface area (TPSA) is 21.5 Å². The van der Waals surface area contributed by atoms with Gasteiger partial charge in [0.05, 0.1) is 11.0 Å². The van der Waals surface area contributed by atoms with Crippen molar-refractivity contribution in [2.45, 2.75) is 0 Å². The van der Waals surface area contributed by atoms with Crippen LogP contribution in [0, 0.1) is 0 Å². The van der Waals surface area contributed by atoms with Crippen molar-refractivity contribution in [1.82, 2.24) is 4.40 Å². The predicted octanol–water partition coefficient (Wildman–Crippen LogP) is 8.23. The van der Waals surface area contributed by atoms with Crippen LogP contribution in [0.25, 0.3) is 69.3 Å². The van der Waals surface area contributed by atoms with Crippen molar-refractivity contribution in [2.24, 2.45) is 0 Å². The minimum Gasteiger partial charge on any atom is -0.275 e. The molecule has 158 valence electrons. The first-order valence-corrected chi connectivity index (χ1v) is 12.2. The normalized spacial score (nSPS) is 12.2. The second-order valence-corrected chi connectivity index (χ2v) is 10.0. The molecule has 0 saturated carbocycles. The summed E-state index contributed by atoms with van der Waals surface area (Å²) in [5.41, 5.74) is 4.39. The molecule has 0 fully saturated rings. The van der Waals surface area contributed by atoms with E-state index < -0.39 is 0 Å². The van der Waals surface area contributed by atoms with Crippen LogP contribution in [-0.4, -0.2) is 4.40 Å². The van der Waals surface area contributed by atoms with Gasteiger partial charge in [0, 0.05) is 41.7 Å². The molecule has 34 heavy (non-hydrogen) atoms. The third kappa shape index (κ3) is 2.27. The van der Waals surface area contributed by atoms with E-state index in [1.54, 1.807) is 0 Å². The van der Waals surface area contributed by atoms with Gasteiger partial charge in [-0.2, -0.15) is 0 Å². The van der Waals surface area contributed by atoms with Gasteiger partial charge in [0.15, 0.2) is 0 Å². The Bertz CT molecular complexity index is 2150. The Morgan fingerprint density at radius 3 is 1.97 bits per heavy atom. The molecule has 8 rings (SSSR count). The Kier molecular flexibility index (Phi) is 3.45. The zero-order valence-electron chi connectivity index (χ0n) is 18.1. The Balaban J connectivity index is 1.55. The second kappa shape index (κ2) is 6.43. The van der Waals surface area contributed by atoms with Crippen LogP contribution in [0.15, 0.2) is 108 Å². The van der Waals surface area contributed by atoms with Gasteiger partial charge in [0.25, 0.3) is 5.56 Å². The van der Waals surface area contributed by atoms with E-state index in [-0.39, 0.29) is 5.56 Å². The summed E-state index contributed by atoms with van der Waals surface area (Å²) < 4.78 is 4.53. The van der Waals surface area contributed by atoms with Crippen molar-refractivity contribution in [3.63, 3.8) is 0 Å². The summed E-state index contributed by atoms with van der Waals surface area (Å²) in [6.07, 6.45) is 0. The SMILES string of the molecule is O=c1c2ccccc2c2cc(-c3ccc4sc5ccccc5c4c3)cc3c4ccccc4n1c23. The average molecular weight is 452 g/mol. The molecule has 0 amide bonds. The molecule has 0 N–H and O–H groups in total. The number of rotatable bonds is 1. The van der Waals surface area contributed by atoms with Crippen LogP contribution in [0.2, 0.25) is 0 Å². The standard InChI is InChI=1S/C31H17NOS/c33-31-23-10-2-1-7-20(23)25-16-19(17-26-21-8-3-5-11-27(21)32(31)30(25)26)18-13-14-29-24(15-18)22-9-4-6-12-28(22)34-29/h1-17H. The number of thiophene rings is 1. The summed E-state index contributed by atoms with van der Waals surface area (Å²) in [5, 5.41) is 7.73. The highest BCUT2D eigenvalue weighted by Crippen LogP contribution is 2.40. The highest BCUT2D eigenvalue weighted by molar-refractivity contribution is 7.25. The lowest BCUT2D eigenvalue weighted by Crippen LogP contribution is -2.12. The van der Waals surface area contributed by atoms with Crippen LogP contribution < -0.4 is 5.56 Å². The van der Waals surface area contributed by atoms with Gasteiger partial charge in [0.2, 0.25) is 0 Å². The van der Waals surface area contributed by atoms with E-state index in [2.05, 4.69) is 72.8 Å². The number of pyridine rings is 1. The lowest BCUT2D eigenvalue weighted by Gasteiger charge is -2.09. The summed E-state index contributed by atoms with van der Waals surface area (Å²) in [5.74, 6) is 0. The number of hydrogen-bond donors (Lipinski definition) is 0. The molecule has 0 saturated heterocycles. The van der Waals surface area contributed by atoms with E-state index in [1.807, 2.05) is 46.1 Å². The van der Waals surface area contributed by atoms with Gasteiger partial charge in [0.1, 0.15) is 0 Å². The van der Waals surface area contributed by atoms with Crippen molar-refractivity contribution < 1.29 is 0 Å². The van der Waals surface area contributed by atoms with Crippen molar-refractivity contribution in [1.29, 1.82) is 0 Å². The summed E-state index contributed by atoms with van der Waals surface area (Å²) in [7, 11) is 0. The highest BCUT2D eigenvalue weighted by Gasteiger charge is 2.18. The quantitative estimate of drug-likeness (QED) is 0.230. The Hall–Kier alpha value is -4.21. The van der Waals surface area contributed by atoms with Gasteiger partial charge in [-0.15, -0.1) is 11.3 Å². The first-order valence-electron chi connectivity index (χ1n) is 11.4. The maximum absolute atomic E-state index is 13.5. The zero-order valence-corrected chi connectivity index (χ0v) is 18.9. The van der Waals surface area contributed by atoms with Gasteiger partial charge in [-0.1, -0.05) is 60.7 Å². The third-order valence-corrected chi connectivity index (χ3v) is 8.28.